The van der Waals surface area contributed by atoms with Gasteiger partial charge in [0.15, 0.2) is 18.1 Å². The van der Waals surface area contributed by atoms with Crippen molar-refractivity contribution in [1.29, 1.82) is 0 Å². The lowest BCUT2D eigenvalue weighted by molar-refractivity contribution is -0.385. The highest BCUT2D eigenvalue weighted by Crippen LogP contribution is 2.31. The summed E-state index contributed by atoms with van der Waals surface area (Å²) in [6, 6.07) is 11.4. The summed E-state index contributed by atoms with van der Waals surface area (Å²) in [5.74, 6) is 0.831. The lowest BCUT2D eigenvalue weighted by atomic mass is 10.3. The van der Waals surface area contributed by atoms with E-state index in [2.05, 4.69) is 5.32 Å². The van der Waals surface area contributed by atoms with Crippen molar-refractivity contribution in [2.75, 3.05) is 26.0 Å². The van der Waals surface area contributed by atoms with Gasteiger partial charge in [-0.1, -0.05) is 11.6 Å². The Morgan fingerprint density at radius 3 is 2.62 bits per heavy atom. The SMILES string of the molecule is COc1ccc([N+](=O)[O-])cc1OCC(=O)NCCSc1ccc(Cl)cc1. The quantitative estimate of drug-likeness (QED) is 0.302. The Bertz CT molecular complexity index is 770. The Morgan fingerprint density at radius 1 is 1.23 bits per heavy atom. The normalized spacial score (nSPS) is 10.2. The van der Waals surface area contributed by atoms with Crippen LogP contribution < -0.4 is 14.8 Å². The average Bonchev–Trinajstić information content (AvgIpc) is 2.64. The molecule has 1 amide bonds. The maximum absolute atomic E-state index is 11.9. The number of benzene rings is 2. The minimum Gasteiger partial charge on any atom is -0.493 e. The van der Waals surface area contributed by atoms with Crippen LogP contribution in [0, 0.1) is 10.1 Å². The zero-order valence-corrected chi connectivity index (χ0v) is 15.5. The molecule has 0 fully saturated rings. The first-order chi connectivity index (χ1) is 12.5. The Hall–Kier alpha value is -2.45. The van der Waals surface area contributed by atoms with Crippen LogP contribution in [-0.2, 0) is 4.79 Å². The largest absolute Gasteiger partial charge is 0.493 e. The van der Waals surface area contributed by atoms with Gasteiger partial charge in [-0.05, 0) is 30.3 Å². The number of halogens is 1. The van der Waals surface area contributed by atoms with Gasteiger partial charge in [0.1, 0.15) is 0 Å². The van der Waals surface area contributed by atoms with Gasteiger partial charge in [-0.15, -0.1) is 11.8 Å². The van der Waals surface area contributed by atoms with Crippen LogP contribution in [0.4, 0.5) is 5.69 Å². The minimum atomic E-state index is -0.541. The molecule has 7 nitrogen and oxygen atoms in total. The molecule has 0 aliphatic heterocycles. The van der Waals surface area contributed by atoms with E-state index in [1.54, 1.807) is 11.8 Å². The second-order valence-electron chi connectivity index (χ2n) is 5.03. The second-order valence-corrected chi connectivity index (χ2v) is 6.64. The molecule has 0 saturated carbocycles. The number of carbonyl (C=O) groups excluding carboxylic acids is 1. The molecule has 0 bridgehead atoms. The summed E-state index contributed by atoms with van der Waals surface area (Å²) in [5, 5.41) is 14.2. The number of hydrogen-bond acceptors (Lipinski definition) is 6. The first kappa shape index (κ1) is 19.9. The zero-order valence-electron chi connectivity index (χ0n) is 13.9. The number of nitrogens with zero attached hydrogens (tertiary/aromatic N) is 1. The third kappa shape index (κ3) is 6.12. The highest BCUT2D eigenvalue weighted by Gasteiger charge is 2.13. The fourth-order valence-corrected chi connectivity index (χ4v) is 2.87. The number of nitro benzene ring substituents is 1. The molecule has 0 spiro atoms. The van der Waals surface area contributed by atoms with Crippen LogP contribution in [0.1, 0.15) is 0 Å². The van der Waals surface area contributed by atoms with Gasteiger partial charge in [0.2, 0.25) is 0 Å². The van der Waals surface area contributed by atoms with Crippen LogP contribution in [-0.4, -0.2) is 36.8 Å². The van der Waals surface area contributed by atoms with Crippen molar-refractivity contribution < 1.29 is 19.2 Å². The number of thioether (sulfide) groups is 1. The van der Waals surface area contributed by atoms with Crippen LogP contribution in [0.2, 0.25) is 5.02 Å². The summed E-state index contributed by atoms with van der Waals surface area (Å²) in [7, 11) is 1.42. The van der Waals surface area contributed by atoms with E-state index < -0.39 is 4.92 Å². The predicted molar refractivity (Wildman–Crippen MR) is 100 cm³/mol. The lowest BCUT2D eigenvalue weighted by Crippen LogP contribution is -2.30. The molecule has 0 atom stereocenters. The fraction of sp³-hybridized carbons (Fsp3) is 0.235. The highest BCUT2D eigenvalue weighted by atomic mass is 35.5. The number of hydrogen-bond donors (Lipinski definition) is 1. The summed E-state index contributed by atoms with van der Waals surface area (Å²) in [4.78, 5) is 23.2. The van der Waals surface area contributed by atoms with Crippen molar-refractivity contribution in [2.45, 2.75) is 4.90 Å². The van der Waals surface area contributed by atoms with Crippen molar-refractivity contribution in [2.24, 2.45) is 0 Å². The van der Waals surface area contributed by atoms with E-state index in [0.717, 1.165) is 4.90 Å². The zero-order chi connectivity index (χ0) is 18.9. The molecule has 0 aromatic heterocycles. The molecule has 2 aromatic carbocycles. The van der Waals surface area contributed by atoms with E-state index in [-0.39, 0.29) is 24.0 Å². The standard InChI is InChI=1S/C17H17ClN2O5S/c1-24-15-7-4-13(20(22)23)10-16(15)25-11-17(21)19-8-9-26-14-5-2-12(18)3-6-14/h2-7,10H,8-9,11H2,1H3,(H,19,21). The number of nitrogens with one attached hydrogen (secondary N) is 1. The van der Waals surface area contributed by atoms with Crippen LogP contribution in [0.15, 0.2) is 47.4 Å². The molecule has 1 N–H and O–H groups in total. The van der Waals surface area contributed by atoms with Gasteiger partial charge in [0.05, 0.1) is 18.1 Å². The number of nitro groups is 1. The molecule has 0 saturated heterocycles. The number of carbonyl (C=O) groups is 1. The van der Waals surface area contributed by atoms with E-state index in [4.69, 9.17) is 21.1 Å². The fourth-order valence-electron chi connectivity index (χ4n) is 1.98. The van der Waals surface area contributed by atoms with Crippen molar-refractivity contribution >= 4 is 35.0 Å². The Balaban J connectivity index is 1.77. The van der Waals surface area contributed by atoms with Crippen molar-refractivity contribution in [1.82, 2.24) is 5.32 Å². The van der Waals surface area contributed by atoms with E-state index in [1.807, 2.05) is 24.3 Å². The summed E-state index contributed by atoms with van der Waals surface area (Å²) in [5.41, 5.74) is -0.138. The summed E-state index contributed by atoms with van der Waals surface area (Å²) >= 11 is 7.41. The van der Waals surface area contributed by atoms with Gasteiger partial charge in [-0.25, -0.2) is 0 Å². The van der Waals surface area contributed by atoms with Crippen LogP contribution in [0.3, 0.4) is 0 Å². The van der Waals surface area contributed by atoms with Crippen LogP contribution in [0.25, 0.3) is 0 Å². The number of methoxy groups -OCH3 is 1. The molecule has 9 heteroatoms. The van der Waals surface area contributed by atoms with E-state index in [9.17, 15) is 14.9 Å². The molecular weight excluding hydrogens is 380 g/mol. The molecule has 138 valence electrons. The molecular formula is C17H17ClN2O5S. The summed E-state index contributed by atoms with van der Waals surface area (Å²) in [6.45, 7) is 0.199. The van der Waals surface area contributed by atoms with Gasteiger partial charge >= 0.3 is 0 Å². The second kappa shape index (κ2) is 9.88. The Morgan fingerprint density at radius 2 is 1.96 bits per heavy atom. The molecule has 26 heavy (non-hydrogen) atoms. The van der Waals surface area contributed by atoms with E-state index in [0.29, 0.717) is 23.1 Å². The third-order valence-corrected chi connectivity index (χ3v) is 4.49. The first-order valence-electron chi connectivity index (χ1n) is 7.60. The molecule has 0 aliphatic rings. The lowest BCUT2D eigenvalue weighted by Gasteiger charge is -2.10. The molecule has 2 aromatic rings. The van der Waals surface area contributed by atoms with Crippen LogP contribution >= 0.6 is 23.4 Å². The maximum Gasteiger partial charge on any atom is 0.273 e. The molecule has 0 radical (unpaired) electrons. The van der Waals surface area contributed by atoms with Gasteiger partial charge in [-0.2, -0.15) is 0 Å². The third-order valence-electron chi connectivity index (χ3n) is 3.22. The first-order valence-corrected chi connectivity index (χ1v) is 8.96. The number of non-ortho nitro benzene ring substituents is 1. The molecule has 0 aliphatic carbocycles. The number of amides is 1. The highest BCUT2D eigenvalue weighted by molar-refractivity contribution is 7.99. The molecule has 0 heterocycles. The van der Waals surface area contributed by atoms with Crippen molar-refractivity contribution in [3.8, 4) is 11.5 Å². The van der Waals surface area contributed by atoms with Gasteiger partial charge in [0.25, 0.3) is 11.6 Å². The summed E-state index contributed by atoms with van der Waals surface area (Å²) in [6.07, 6.45) is 0. The predicted octanol–water partition coefficient (Wildman–Crippen LogP) is 3.54. The maximum atomic E-state index is 11.9. The van der Waals surface area contributed by atoms with E-state index >= 15 is 0 Å². The monoisotopic (exact) mass is 396 g/mol. The molecule has 2 rings (SSSR count). The Kier molecular flexibility index (Phi) is 7.55. The van der Waals surface area contributed by atoms with Crippen molar-refractivity contribution in [3.63, 3.8) is 0 Å². The van der Waals surface area contributed by atoms with Gasteiger partial charge in [0, 0.05) is 28.3 Å². The topological polar surface area (TPSA) is 90.7 Å². The summed E-state index contributed by atoms with van der Waals surface area (Å²) < 4.78 is 10.4. The number of rotatable bonds is 9. The number of ether oxygens (including phenoxy) is 2. The van der Waals surface area contributed by atoms with Gasteiger partial charge < -0.3 is 14.8 Å². The smallest absolute Gasteiger partial charge is 0.273 e. The van der Waals surface area contributed by atoms with Crippen molar-refractivity contribution in [3.05, 3.63) is 57.6 Å². The average molecular weight is 397 g/mol. The molecule has 0 unspecified atom stereocenters. The minimum absolute atomic E-state index is 0.138. The Labute approximate surface area is 159 Å². The van der Waals surface area contributed by atoms with Crippen LogP contribution in [0.5, 0.6) is 11.5 Å². The van der Waals surface area contributed by atoms with E-state index in [1.165, 1.54) is 25.3 Å². The van der Waals surface area contributed by atoms with Gasteiger partial charge in [-0.3, -0.25) is 14.9 Å².